The number of hydrogen-bond donors (Lipinski definition) is 2. The van der Waals surface area contributed by atoms with Gasteiger partial charge in [-0.15, -0.1) is 0 Å². The summed E-state index contributed by atoms with van der Waals surface area (Å²) in [4.78, 5) is 28.8. The number of nitrogens with zero attached hydrogens (tertiary/aromatic N) is 2. The summed E-state index contributed by atoms with van der Waals surface area (Å²) in [5.41, 5.74) is 1.19. The molecule has 0 aliphatic rings. The fraction of sp³-hybridized carbons (Fsp3) is 0.286. The second kappa shape index (κ2) is 9.08. The summed E-state index contributed by atoms with van der Waals surface area (Å²) < 4.78 is 28.3. The summed E-state index contributed by atoms with van der Waals surface area (Å²) in [5, 5.41) is 3.03. The number of carbonyl (C=O) groups is 1. The number of para-hydroxylation sites is 1. The Labute approximate surface area is 175 Å². The number of unbranched alkanes of at least 4 members (excludes halogenated alkanes) is 1. The third-order valence-electron chi connectivity index (χ3n) is 4.82. The summed E-state index contributed by atoms with van der Waals surface area (Å²) in [7, 11) is -3.98. The van der Waals surface area contributed by atoms with Crippen LogP contribution in [0, 0.1) is 0 Å². The van der Waals surface area contributed by atoms with Gasteiger partial charge in [-0.05, 0) is 43.2 Å². The quantitative estimate of drug-likeness (QED) is 0.562. The number of benzene rings is 2. The molecule has 158 valence electrons. The first-order valence-electron chi connectivity index (χ1n) is 9.70. The van der Waals surface area contributed by atoms with Gasteiger partial charge in [-0.1, -0.05) is 37.6 Å². The third kappa shape index (κ3) is 4.68. The smallest absolute Gasteiger partial charge is 0.328 e. The highest BCUT2D eigenvalue weighted by Gasteiger charge is 2.18. The molecule has 1 atom stereocenters. The Morgan fingerprint density at radius 2 is 1.83 bits per heavy atom. The van der Waals surface area contributed by atoms with Crippen molar-refractivity contribution in [1.82, 2.24) is 19.6 Å². The van der Waals surface area contributed by atoms with E-state index >= 15 is 0 Å². The zero-order chi connectivity index (χ0) is 21.7. The normalized spacial score (nSPS) is 12.5. The molecule has 1 heterocycles. The van der Waals surface area contributed by atoms with Crippen LogP contribution in [0.3, 0.4) is 0 Å². The molecule has 0 fully saturated rings. The SMILES string of the molecule is CCCCNC(=O)NS(=O)(=O)c1ccc(C(C)n2cnc3ccccc3c2=O)cc1. The van der Waals surface area contributed by atoms with Crippen molar-refractivity contribution in [3.8, 4) is 0 Å². The van der Waals surface area contributed by atoms with E-state index in [2.05, 4.69) is 10.3 Å². The lowest BCUT2D eigenvalue weighted by Crippen LogP contribution is -2.39. The van der Waals surface area contributed by atoms with Crippen LogP contribution in [0.25, 0.3) is 10.9 Å². The van der Waals surface area contributed by atoms with Crippen molar-refractivity contribution in [2.75, 3.05) is 6.54 Å². The van der Waals surface area contributed by atoms with Crippen molar-refractivity contribution in [3.63, 3.8) is 0 Å². The molecule has 3 rings (SSSR count). The minimum atomic E-state index is -3.98. The Morgan fingerprint density at radius 3 is 2.53 bits per heavy atom. The van der Waals surface area contributed by atoms with Crippen molar-refractivity contribution in [2.45, 2.75) is 37.6 Å². The number of rotatable bonds is 7. The molecule has 3 aromatic rings. The van der Waals surface area contributed by atoms with E-state index in [4.69, 9.17) is 0 Å². The summed E-state index contributed by atoms with van der Waals surface area (Å²) in [5.74, 6) is 0. The topological polar surface area (TPSA) is 110 Å². The van der Waals surface area contributed by atoms with E-state index in [1.807, 2.05) is 24.6 Å². The zero-order valence-electron chi connectivity index (χ0n) is 16.8. The Morgan fingerprint density at radius 1 is 1.13 bits per heavy atom. The Hall–Kier alpha value is -3.20. The van der Waals surface area contributed by atoms with E-state index in [0.717, 1.165) is 18.4 Å². The van der Waals surface area contributed by atoms with E-state index in [1.54, 1.807) is 30.3 Å². The maximum absolute atomic E-state index is 12.8. The van der Waals surface area contributed by atoms with Crippen molar-refractivity contribution >= 4 is 27.0 Å². The summed E-state index contributed by atoms with van der Waals surface area (Å²) in [6.07, 6.45) is 3.15. The lowest BCUT2D eigenvalue weighted by Gasteiger charge is -2.16. The second-order valence-corrected chi connectivity index (χ2v) is 8.62. The van der Waals surface area contributed by atoms with Gasteiger partial charge in [-0.2, -0.15) is 0 Å². The van der Waals surface area contributed by atoms with Gasteiger partial charge >= 0.3 is 6.03 Å². The lowest BCUT2D eigenvalue weighted by molar-refractivity contribution is 0.245. The molecular formula is C21H24N4O4S. The van der Waals surface area contributed by atoms with Gasteiger partial charge in [0.25, 0.3) is 15.6 Å². The average Bonchev–Trinajstić information content (AvgIpc) is 2.74. The molecule has 0 bridgehead atoms. The highest BCUT2D eigenvalue weighted by Crippen LogP contribution is 2.19. The van der Waals surface area contributed by atoms with Crippen molar-refractivity contribution in [1.29, 1.82) is 0 Å². The van der Waals surface area contributed by atoms with Crippen LogP contribution < -0.4 is 15.6 Å². The van der Waals surface area contributed by atoms with Crippen molar-refractivity contribution in [3.05, 3.63) is 70.8 Å². The van der Waals surface area contributed by atoms with Gasteiger partial charge < -0.3 is 5.32 Å². The molecule has 2 amide bonds. The highest BCUT2D eigenvalue weighted by molar-refractivity contribution is 7.90. The Bertz CT molecular complexity index is 1200. The van der Waals surface area contributed by atoms with Crippen LogP contribution in [0.4, 0.5) is 4.79 Å². The van der Waals surface area contributed by atoms with E-state index in [1.165, 1.54) is 23.0 Å². The van der Waals surface area contributed by atoms with Gasteiger partial charge in [0.15, 0.2) is 0 Å². The summed E-state index contributed by atoms with van der Waals surface area (Å²) in [6.45, 7) is 4.21. The number of urea groups is 1. The maximum atomic E-state index is 12.8. The number of carbonyl (C=O) groups excluding carboxylic acids is 1. The standard InChI is InChI=1S/C21H24N4O4S/c1-3-4-13-22-21(27)24-30(28,29)17-11-9-16(10-12-17)15(2)25-14-23-19-8-6-5-7-18(19)20(25)26/h5-12,14-15H,3-4,13H2,1-2H3,(H2,22,24,27). The molecule has 2 aromatic carbocycles. The van der Waals surface area contributed by atoms with Crippen LogP contribution in [0.15, 0.2) is 64.5 Å². The molecule has 8 nitrogen and oxygen atoms in total. The fourth-order valence-corrected chi connectivity index (χ4v) is 3.97. The first-order valence-corrected chi connectivity index (χ1v) is 11.2. The van der Waals surface area contributed by atoms with Gasteiger partial charge in [0.2, 0.25) is 0 Å². The average molecular weight is 429 g/mol. The number of hydrogen-bond acceptors (Lipinski definition) is 5. The highest BCUT2D eigenvalue weighted by atomic mass is 32.2. The molecule has 30 heavy (non-hydrogen) atoms. The molecule has 0 saturated carbocycles. The lowest BCUT2D eigenvalue weighted by atomic mass is 10.1. The van der Waals surface area contributed by atoms with Gasteiger partial charge in [0.05, 0.1) is 28.2 Å². The molecule has 0 spiro atoms. The molecule has 1 unspecified atom stereocenters. The maximum Gasteiger partial charge on any atom is 0.328 e. The predicted octanol–water partition coefficient (Wildman–Crippen LogP) is 2.79. The minimum absolute atomic E-state index is 0.0342. The van der Waals surface area contributed by atoms with Crippen LogP contribution >= 0.6 is 0 Å². The summed E-state index contributed by atoms with van der Waals surface area (Å²) >= 11 is 0. The van der Waals surface area contributed by atoms with E-state index in [-0.39, 0.29) is 16.5 Å². The van der Waals surface area contributed by atoms with Crippen LogP contribution in [0.5, 0.6) is 0 Å². The van der Waals surface area contributed by atoms with Crippen molar-refractivity contribution < 1.29 is 13.2 Å². The van der Waals surface area contributed by atoms with Gasteiger partial charge in [0, 0.05) is 6.54 Å². The van der Waals surface area contributed by atoms with Crippen LogP contribution in [0.2, 0.25) is 0 Å². The number of fused-ring (bicyclic) bond motifs is 1. The van der Waals surface area contributed by atoms with E-state index < -0.39 is 16.1 Å². The van der Waals surface area contributed by atoms with Crippen LogP contribution in [0.1, 0.15) is 38.3 Å². The Balaban J connectivity index is 1.79. The number of aromatic nitrogens is 2. The van der Waals surface area contributed by atoms with Crippen LogP contribution in [-0.2, 0) is 10.0 Å². The van der Waals surface area contributed by atoms with E-state index in [0.29, 0.717) is 17.4 Å². The minimum Gasteiger partial charge on any atom is -0.337 e. The molecule has 9 heteroatoms. The number of nitrogens with one attached hydrogen (secondary N) is 2. The second-order valence-electron chi connectivity index (χ2n) is 6.93. The molecule has 0 aliphatic carbocycles. The van der Waals surface area contributed by atoms with Gasteiger partial charge in [-0.3, -0.25) is 9.36 Å². The fourth-order valence-electron chi connectivity index (χ4n) is 3.04. The number of sulfonamides is 1. The molecule has 1 aromatic heterocycles. The van der Waals surface area contributed by atoms with Crippen LogP contribution in [-0.4, -0.2) is 30.5 Å². The van der Waals surface area contributed by atoms with Crippen molar-refractivity contribution in [2.24, 2.45) is 0 Å². The molecule has 0 radical (unpaired) electrons. The first-order chi connectivity index (χ1) is 14.3. The third-order valence-corrected chi connectivity index (χ3v) is 6.17. The predicted molar refractivity (Wildman–Crippen MR) is 115 cm³/mol. The first kappa shape index (κ1) is 21.5. The molecule has 0 saturated heterocycles. The zero-order valence-corrected chi connectivity index (χ0v) is 17.6. The van der Waals surface area contributed by atoms with Gasteiger partial charge in [-0.25, -0.2) is 22.9 Å². The Kier molecular flexibility index (Phi) is 6.51. The van der Waals surface area contributed by atoms with E-state index in [9.17, 15) is 18.0 Å². The van der Waals surface area contributed by atoms with Gasteiger partial charge in [0.1, 0.15) is 0 Å². The summed E-state index contributed by atoms with van der Waals surface area (Å²) in [6, 6.07) is 12.1. The largest absolute Gasteiger partial charge is 0.337 e. The number of amides is 2. The molecule has 0 aliphatic heterocycles. The molecular weight excluding hydrogens is 404 g/mol. The monoisotopic (exact) mass is 428 g/mol. The molecule has 2 N–H and O–H groups in total.